The standard InChI is InChI=1S/C20H25ClN4O/c1-23(2)18-8-6-16(7-9-18)15-22-20(26)25-12-10-24(11-13-25)19-5-3-4-17(21)14-19/h3-9,14H,10-13,15H2,1-2H3,(H,22,26). The van der Waals surface area contributed by atoms with Gasteiger partial charge >= 0.3 is 6.03 Å². The molecule has 26 heavy (non-hydrogen) atoms. The molecule has 0 aromatic heterocycles. The van der Waals surface area contributed by atoms with Crippen LogP contribution >= 0.6 is 11.6 Å². The predicted octanol–water partition coefficient (Wildman–Crippen LogP) is 3.44. The van der Waals surface area contributed by atoms with Crippen molar-refractivity contribution in [3.05, 3.63) is 59.1 Å². The molecule has 138 valence electrons. The first kappa shape index (κ1) is 18.4. The van der Waals surface area contributed by atoms with E-state index in [2.05, 4.69) is 33.3 Å². The number of halogens is 1. The summed E-state index contributed by atoms with van der Waals surface area (Å²) >= 11 is 6.07. The summed E-state index contributed by atoms with van der Waals surface area (Å²) in [6.45, 7) is 3.58. The van der Waals surface area contributed by atoms with Crippen LogP contribution < -0.4 is 15.1 Å². The summed E-state index contributed by atoms with van der Waals surface area (Å²) in [7, 11) is 4.03. The van der Waals surface area contributed by atoms with Gasteiger partial charge in [-0.05, 0) is 35.9 Å². The van der Waals surface area contributed by atoms with Crippen LogP contribution in [0.2, 0.25) is 5.02 Å². The number of amides is 2. The highest BCUT2D eigenvalue weighted by Gasteiger charge is 2.21. The Hall–Kier alpha value is -2.40. The Bertz CT molecular complexity index is 740. The maximum Gasteiger partial charge on any atom is 0.317 e. The highest BCUT2D eigenvalue weighted by atomic mass is 35.5. The normalized spacial score (nSPS) is 14.3. The van der Waals surface area contributed by atoms with Crippen LogP contribution in [0.1, 0.15) is 5.56 Å². The Morgan fingerprint density at radius 1 is 1.08 bits per heavy atom. The topological polar surface area (TPSA) is 38.8 Å². The van der Waals surface area contributed by atoms with Crippen LogP contribution in [0.5, 0.6) is 0 Å². The Morgan fingerprint density at radius 3 is 2.38 bits per heavy atom. The molecule has 0 bridgehead atoms. The van der Waals surface area contributed by atoms with Crippen LogP contribution in [0.4, 0.5) is 16.2 Å². The lowest BCUT2D eigenvalue weighted by Gasteiger charge is -2.36. The molecular weight excluding hydrogens is 348 g/mol. The van der Waals surface area contributed by atoms with E-state index in [1.165, 1.54) is 0 Å². The van der Waals surface area contributed by atoms with Gasteiger partial charge in [0.1, 0.15) is 0 Å². The largest absolute Gasteiger partial charge is 0.378 e. The minimum Gasteiger partial charge on any atom is -0.378 e. The fraction of sp³-hybridized carbons (Fsp3) is 0.350. The highest BCUT2D eigenvalue weighted by molar-refractivity contribution is 6.30. The van der Waals surface area contributed by atoms with Crippen LogP contribution in [0.25, 0.3) is 0 Å². The summed E-state index contributed by atoms with van der Waals surface area (Å²) in [6, 6.07) is 16.1. The van der Waals surface area contributed by atoms with Gasteiger partial charge in [-0.3, -0.25) is 0 Å². The Balaban J connectivity index is 1.47. The fourth-order valence-electron chi connectivity index (χ4n) is 3.04. The number of nitrogens with zero attached hydrogens (tertiary/aromatic N) is 3. The summed E-state index contributed by atoms with van der Waals surface area (Å²) in [5, 5.41) is 3.75. The van der Waals surface area contributed by atoms with Crippen molar-refractivity contribution in [3.63, 3.8) is 0 Å². The third kappa shape index (κ3) is 4.61. The van der Waals surface area contributed by atoms with Gasteiger partial charge in [-0.2, -0.15) is 0 Å². The van der Waals surface area contributed by atoms with E-state index in [0.717, 1.165) is 35.1 Å². The minimum atomic E-state index is -0.00701. The molecule has 1 aliphatic heterocycles. The van der Waals surface area contributed by atoms with Crippen LogP contribution in [0.3, 0.4) is 0 Å². The summed E-state index contributed by atoms with van der Waals surface area (Å²) in [5.74, 6) is 0. The number of rotatable bonds is 4. The zero-order valence-electron chi connectivity index (χ0n) is 15.3. The highest BCUT2D eigenvalue weighted by Crippen LogP contribution is 2.20. The Morgan fingerprint density at radius 2 is 1.77 bits per heavy atom. The van der Waals surface area contributed by atoms with E-state index in [-0.39, 0.29) is 6.03 Å². The molecule has 6 heteroatoms. The van der Waals surface area contributed by atoms with Crippen molar-refractivity contribution < 1.29 is 4.79 Å². The van der Waals surface area contributed by atoms with Gasteiger partial charge in [0.05, 0.1) is 0 Å². The lowest BCUT2D eigenvalue weighted by Crippen LogP contribution is -2.51. The Labute approximate surface area is 160 Å². The number of piperazine rings is 1. The van der Waals surface area contributed by atoms with E-state index in [0.29, 0.717) is 19.6 Å². The first-order valence-corrected chi connectivity index (χ1v) is 9.20. The lowest BCUT2D eigenvalue weighted by molar-refractivity contribution is 0.194. The van der Waals surface area contributed by atoms with Crippen LogP contribution in [-0.4, -0.2) is 51.2 Å². The van der Waals surface area contributed by atoms with E-state index in [9.17, 15) is 4.79 Å². The molecule has 2 aromatic carbocycles. The number of anilines is 2. The first-order valence-electron chi connectivity index (χ1n) is 8.82. The number of hydrogen-bond donors (Lipinski definition) is 1. The van der Waals surface area contributed by atoms with Crippen LogP contribution in [-0.2, 0) is 6.54 Å². The molecule has 1 aliphatic rings. The summed E-state index contributed by atoms with van der Waals surface area (Å²) in [6.07, 6.45) is 0. The van der Waals surface area contributed by atoms with E-state index in [1.54, 1.807) is 0 Å². The van der Waals surface area contributed by atoms with Gasteiger partial charge < -0.3 is 20.0 Å². The molecule has 3 rings (SSSR count). The van der Waals surface area contributed by atoms with E-state index >= 15 is 0 Å². The number of carbonyl (C=O) groups excluding carboxylic acids is 1. The Kier molecular flexibility index (Phi) is 5.89. The second-order valence-corrected chi connectivity index (χ2v) is 7.11. The second kappa shape index (κ2) is 8.32. The van der Waals surface area contributed by atoms with Crippen molar-refractivity contribution in [2.75, 3.05) is 50.1 Å². The molecule has 0 unspecified atom stereocenters. The molecule has 1 heterocycles. The average Bonchev–Trinajstić information content (AvgIpc) is 2.66. The first-order chi connectivity index (χ1) is 12.5. The van der Waals surface area contributed by atoms with Gasteiger partial charge in [0, 0.05) is 63.2 Å². The van der Waals surface area contributed by atoms with Gasteiger partial charge in [-0.15, -0.1) is 0 Å². The third-order valence-corrected chi connectivity index (χ3v) is 4.87. The third-order valence-electron chi connectivity index (χ3n) is 4.64. The molecule has 0 saturated carbocycles. The van der Waals surface area contributed by atoms with E-state index in [4.69, 9.17) is 11.6 Å². The lowest BCUT2D eigenvalue weighted by atomic mass is 10.2. The van der Waals surface area contributed by atoms with Crippen LogP contribution in [0, 0.1) is 0 Å². The van der Waals surface area contributed by atoms with E-state index < -0.39 is 0 Å². The minimum absolute atomic E-state index is 0.00701. The number of benzene rings is 2. The second-order valence-electron chi connectivity index (χ2n) is 6.67. The molecule has 0 atom stereocenters. The van der Waals surface area contributed by atoms with Crippen LogP contribution in [0.15, 0.2) is 48.5 Å². The van der Waals surface area contributed by atoms with Gasteiger partial charge in [-0.25, -0.2) is 4.79 Å². The van der Waals surface area contributed by atoms with Crippen molar-refractivity contribution in [3.8, 4) is 0 Å². The van der Waals surface area contributed by atoms with Crippen molar-refractivity contribution in [2.45, 2.75) is 6.54 Å². The zero-order valence-corrected chi connectivity index (χ0v) is 16.0. The van der Waals surface area contributed by atoms with E-state index in [1.807, 2.05) is 49.3 Å². The number of carbonyl (C=O) groups is 1. The number of urea groups is 1. The molecule has 1 saturated heterocycles. The number of nitrogens with one attached hydrogen (secondary N) is 1. The molecule has 0 spiro atoms. The predicted molar refractivity (Wildman–Crippen MR) is 108 cm³/mol. The van der Waals surface area contributed by atoms with Gasteiger partial charge in [0.2, 0.25) is 0 Å². The van der Waals surface area contributed by atoms with Gasteiger partial charge in [0.25, 0.3) is 0 Å². The SMILES string of the molecule is CN(C)c1ccc(CNC(=O)N2CCN(c3cccc(Cl)c3)CC2)cc1. The molecule has 1 N–H and O–H groups in total. The molecule has 2 aromatic rings. The molecule has 0 radical (unpaired) electrons. The quantitative estimate of drug-likeness (QED) is 0.893. The van der Waals surface area contributed by atoms with Crippen molar-refractivity contribution in [1.82, 2.24) is 10.2 Å². The van der Waals surface area contributed by atoms with Crippen molar-refractivity contribution in [2.24, 2.45) is 0 Å². The smallest absolute Gasteiger partial charge is 0.317 e. The van der Waals surface area contributed by atoms with Crippen molar-refractivity contribution >= 4 is 29.0 Å². The maximum atomic E-state index is 12.4. The summed E-state index contributed by atoms with van der Waals surface area (Å²) < 4.78 is 0. The maximum absolute atomic E-state index is 12.4. The summed E-state index contributed by atoms with van der Waals surface area (Å²) in [4.78, 5) is 18.6. The number of hydrogen-bond acceptors (Lipinski definition) is 3. The zero-order chi connectivity index (χ0) is 18.5. The van der Waals surface area contributed by atoms with Gasteiger partial charge in [-0.1, -0.05) is 29.8 Å². The average molecular weight is 373 g/mol. The van der Waals surface area contributed by atoms with Crippen molar-refractivity contribution in [1.29, 1.82) is 0 Å². The molecule has 2 amide bonds. The molecule has 0 aliphatic carbocycles. The fourth-order valence-corrected chi connectivity index (χ4v) is 3.23. The monoisotopic (exact) mass is 372 g/mol. The van der Waals surface area contributed by atoms with Gasteiger partial charge in [0.15, 0.2) is 0 Å². The molecule has 5 nitrogen and oxygen atoms in total. The molecule has 1 fully saturated rings. The summed E-state index contributed by atoms with van der Waals surface area (Å²) in [5.41, 5.74) is 3.36. The molecular formula is C20H25ClN4O.